The van der Waals surface area contributed by atoms with E-state index in [1.807, 2.05) is 23.1 Å². The first kappa shape index (κ1) is 22.5. The number of halogens is 2. The summed E-state index contributed by atoms with van der Waals surface area (Å²) in [5.74, 6) is 0.0865. The molecule has 7 nitrogen and oxygen atoms in total. The Hall–Kier alpha value is -2.51. The Labute approximate surface area is 170 Å². The highest BCUT2D eigenvalue weighted by Crippen LogP contribution is 2.22. The molecule has 1 fully saturated rings. The van der Waals surface area contributed by atoms with Crippen LogP contribution in [0.4, 0.5) is 17.1 Å². The van der Waals surface area contributed by atoms with Gasteiger partial charge in [0.25, 0.3) is 5.69 Å². The van der Waals surface area contributed by atoms with Gasteiger partial charge in [0.2, 0.25) is 5.91 Å². The monoisotopic (exact) mass is 412 g/mol. The molecule has 0 aliphatic carbocycles. The Bertz CT molecular complexity index is 778. The number of anilines is 2. The van der Waals surface area contributed by atoms with Gasteiger partial charge in [0.05, 0.1) is 11.3 Å². The normalized spacial score (nSPS) is 13.3. The third-order valence-electron chi connectivity index (χ3n) is 4.37. The molecule has 0 spiro atoms. The fraction of sp³-hybridized carbons (Fsp3) is 0.278. The van der Waals surface area contributed by atoms with Gasteiger partial charge >= 0.3 is 0 Å². The largest absolute Gasteiger partial charge is 0.399 e. The summed E-state index contributed by atoms with van der Waals surface area (Å²) in [5.41, 5.74) is 8.19. The lowest BCUT2D eigenvalue weighted by atomic mass is 10.1. The van der Waals surface area contributed by atoms with E-state index < -0.39 is 4.92 Å². The standard InChI is InChI=1S/C18H20N4O3.2ClH/c19-15-6-4-14(5-7-15)12-18(23)21-10-8-20(9-11-21)16-2-1-3-17(13-16)22(24)25;;/h1-7,13H,8-12,19H2;2*1H. The van der Waals surface area contributed by atoms with Crippen molar-refractivity contribution in [1.82, 2.24) is 4.90 Å². The maximum Gasteiger partial charge on any atom is 0.271 e. The zero-order chi connectivity index (χ0) is 17.8. The van der Waals surface area contributed by atoms with Gasteiger partial charge in [0.1, 0.15) is 0 Å². The van der Waals surface area contributed by atoms with Crippen molar-refractivity contribution in [3.63, 3.8) is 0 Å². The van der Waals surface area contributed by atoms with Crippen LogP contribution in [0.5, 0.6) is 0 Å². The predicted octanol–water partition coefficient (Wildman–Crippen LogP) is 2.91. The molecule has 2 aromatic rings. The van der Waals surface area contributed by atoms with Gasteiger partial charge in [0.15, 0.2) is 0 Å². The Morgan fingerprint density at radius 3 is 2.26 bits per heavy atom. The third kappa shape index (κ3) is 5.74. The highest BCUT2D eigenvalue weighted by Gasteiger charge is 2.22. The quantitative estimate of drug-likeness (QED) is 0.473. The second kappa shape index (κ2) is 9.99. The van der Waals surface area contributed by atoms with Gasteiger partial charge in [-0.2, -0.15) is 0 Å². The van der Waals surface area contributed by atoms with E-state index in [0.29, 0.717) is 38.3 Å². The molecule has 2 N–H and O–H groups in total. The van der Waals surface area contributed by atoms with E-state index in [4.69, 9.17) is 5.73 Å². The number of amides is 1. The lowest BCUT2D eigenvalue weighted by molar-refractivity contribution is -0.384. The Morgan fingerprint density at radius 1 is 1.04 bits per heavy atom. The van der Waals surface area contributed by atoms with Crippen molar-refractivity contribution in [3.05, 3.63) is 64.2 Å². The first-order valence-electron chi connectivity index (χ1n) is 8.14. The SMILES string of the molecule is Cl.Cl.Nc1ccc(CC(=O)N2CCN(c3cccc([N+](=O)[O-])c3)CC2)cc1. The van der Waals surface area contributed by atoms with Gasteiger partial charge in [-0.25, -0.2) is 0 Å². The number of benzene rings is 2. The number of nitro groups is 1. The Balaban J connectivity index is 0.00000182. The van der Waals surface area contributed by atoms with Crippen molar-refractivity contribution < 1.29 is 9.72 Å². The summed E-state index contributed by atoms with van der Waals surface area (Å²) < 4.78 is 0. The molecule has 146 valence electrons. The number of non-ortho nitro benzene ring substituents is 1. The number of hydrogen-bond acceptors (Lipinski definition) is 5. The average molecular weight is 413 g/mol. The minimum atomic E-state index is -0.393. The lowest BCUT2D eigenvalue weighted by Gasteiger charge is -2.36. The summed E-state index contributed by atoms with van der Waals surface area (Å²) in [6.07, 6.45) is 0.358. The van der Waals surface area contributed by atoms with Crippen molar-refractivity contribution in [3.8, 4) is 0 Å². The highest BCUT2D eigenvalue weighted by atomic mass is 35.5. The van der Waals surface area contributed by atoms with E-state index in [1.165, 1.54) is 6.07 Å². The van der Waals surface area contributed by atoms with Crippen LogP contribution in [-0.4, -0.2) is 41.9 Å². The number of nitrogen functional groups attached to an aromatic ring is 1. The van der Waals surface area contributed by atoms with Crippen LogP contribution in [0, 0.1) is 10.1 Å². The molecule has 27 heavy (non-hydrogen) atoms. The van der Waals surface area contributed by atoms with E-state index in [2.05, 4.69) is 4.90 Å². The summed E-state index contributed by atoms with van der Waals surface area (Å²) in [4.78, 5) is 26.8. The van der Waals surface area contributed by atoms with Crippen molar-refractivity contribution in [2.75, 3.05) is 36.8 Å². The van der Waals surface area contributed by atoms with Crippen LogP contribution in [-0.2, 0) is 11.2 Å². The number of hydrogen-bond donors (Lipinski definition) is 1. The molecule has 1 saturated heterocycles. The smallest absolute Gasteiger partial charge is 0.271 e. The minimum absolute atomic E-state index is 0. The van der Waals surface area contributed by atoms with Crippen molar-refractivity contribution in [2.45, 2.75) is 6.42 Å². The summed E-state index contributed by atoms with van der Waals surface area (Å²) in [5, 5.41) is 10.9. The molecule has 0 bridgehead atoms. The van der Waals surface area contributed by atoms with Crippen LogP contribution in [0.25, 0.3) is 0 Å². The van der Waals surface area contributed by atoms with Gasteiger partial charge in [-0.05, 0) is 23.8 Å². The molecule has 2 aromatic carbocycles. The van der Waals surface area contributed by atoms with Gasteiger partial charge in [0, 0.05) is 49.7 Å². The molecule has 1 heterocycles. The molecule has 9 heteroatoms. The molecule has 0 aromatic heterocycles. The van der Waals surface area contributed by atoms with Crippen LogP contribution in [0.1, 0.15) is 5.56 Å². The Kier molecular flexibility index (Phi) is 8.33. The van der Waals surface area contributed by atoms with Gasteiger partial charge in [-0.1, -0.05) is 18.2 Å². The molecule has 0 atom stereocenters. The molecule has 1 aliphatic heterocycles. The topological polar surface area (TPSA) is 92.7 Å². The van der Waals surface area contributed by atoms with Crippen LogP contribution in [0.2, 0.25) is 0 Å². The summed E-state index contributed by atoms with van der Waals surface area (Å²) in [6, 6.07) is 13.9. The van der Waals surface area contributed by atoms with Crippen LogP contribution >= 0.6 is 24.8 Å². The summed E-state index contributed by atoms with van der Waals surface area (Å²) in [6.45, 7) is 2.54. The second-order valence-corrected chi connectivity index (χ2v) is 6.06. The average Bonchev–Trinajstić information content (AvgIpc) is 2.64. The molecular weight excluding hydrogens is 391 g/mol. The van der Waals surface area contributed by atoms with Gasteiger partial charge in [-0.3, -0.25) is 14.9 Å². The molecule has 0 radical (unpaired) electrons. The molecule has 3 rings (SSSR count). The third-order valence-corrected chi connectivity index (χ3v) is 4.37. The lowest BCUT2D eigenvalue weighted by Crippen LogP contribution is -2.49. The van der Waals surface area contributed by atoms with Crippen LogP contribution in [0.3, 0.4) is 0 Å². The van der Waals surface area contributed by atoms with E-state index in [-0.39, 0.29) is 36.4 Å². The summed E-state index contributed by atoms with van der Waals surface area (Å²) in [7, 11) is 0. The van der Waals surface area contributed by atoms with Gasteiger partial charge < -0.3 is 15.5 Å². The molecule has 0 unspecified atom stereocenters. The van der Waals surface area contributed by atoms with Crippen molar-refractivity contribution in [1.29, 1.82) is 0 Å². The number of nitro benzene ring substituents is 1. The zero-order valence-corrected chi connectivity index (χ0v) is 16.2. The maximum atomic E-state index is 12.4. The number of carbonyl (C=O) groups excluding carboxylic acids is 1. The number of carbonyl (C=O) groups is 1. The molecule has 0 saturated carbocycles. The van der Waals surface area contributed by atoms with E-state index in [1.54, 1.807) is 24.3 Å². The number of piperazine rings is 1. The van der Waals surface area contributed by atoms with E-state index in [0.717, 1.165) is 11.3 Å². The highest BCUT2D eigenvalue weighted by molar-refractivity contribution is 5.85. The van der Waals surface area contributed by atoms with Gasteiger partial charge in [-0.15, -0.1) is 24.8 Å². The Morgan fingerprint density at radius 2 is 1.67 bits per heavy atom. The fourth-order valence-electron chi connectivity index (χ4n) is 2.94. The molecule has 1 amide bonds. The first-order valence-corrected chi connectivity index (χ1v) is 8.14. The molecular formula is C18H22Cl2N4O3. The zero-order valence-electron chi connectivity index (χ0n) is 14.6. The molecule has 1 aliphatic rings. The number of nitrogens with zero attached hydrogens (tertiary/aromatic N) is 3. The minimum Gasteiger partial charge on any atom is -0.399 e. The van der Waals surface area contributed by atoms with Crippen LogP contribution in [0.15, 0.2) is 48.5 Å². The number of rotatable bonds is 4. The second-order valence-electron chi connectivity index (χ2n) is 6.06. The van der Waals surface area contributed by atoms with Crippen molar-refractivity contribution in [2.24, 2.45) is 0 Å². The van der Waals surface area contributed by atoms with E-state index >= 15 is 0 Å². The van der Waals surface area contributed by atoms with Crippen LogP contribution < -0.4 is 10.6 Å². The predicted molar refractivity (Wildman–Crippen MR) is 111 cm³/mol. The van der Waals surface area contributed by atoms with E-state index in [9.17, 15) is 14.9 Å². The maximum absolute atomic E-state index is 12.4. The first-order chi connectivity index (χ1) is 12.0. The number of nitrogens with two attached hydrogens (primary N) is 1. The summed E-state index contributed by atoms with van der Waals surface area (Å²) >= 11 is 0. The fourth-order valence-corrected chi connectivity index (χ4v) is 2.94. The van der Waals surface area contributed by atoms with Crippen molar-refractivity contribution >= 4 is 47.8 Å².